The van der Waals surface area contributed by atoms with Crippen LogP contribution >= 0.6 is 0 Å². The van der Waals surface area contributed by atoms with Crippen LogP contribution < -0.4 is 4.90 Å². The number of aliphatic hydroxyl groups is 2. The van der Waals surface area contributed by atoms with Crippen LogP contribution in [0.4, 0.5) is 5.69 Å². The summed E-state index contributed by atoms with van der Waals surface area (Å²) in [5, 5.41) is 21.5. The van der Waals surface area contributed by atoms with Crippen LogP contribution in [0.25, 0.3) is 0 Å². The average Bonchev–Trinajstić information content (AvgIpc) is 3.09. The number of aliphatic hydroxyl groups excluding tert-OH is 2. The summed E-state index contributed by atoms with van der Waals surface area (Å²) in [4.78, 5) is 17.3. The summed E-state index contributed by atoms with van der Waals surface area (Å²) in [6, 6.07) is 8.74. The number of carbonyl (C=O) groups is 1. The molecule has 4 heterocycles. The first kappa shape index (κ1) is 13.8. The highest BCUT2D eigenvalue weighted by Crippen LogP contribution is 2.64. The third kappa shape index (κ3) is 1.31. The molecule has 2 N–H and O–H groups in total. The molecule has 1 saturated carbocycles. The van der Waals surface area contributed by atoms with Crippen molar-refractivity contribution in [2.45, 2.75) is 49.0 Å². The minimum Gasteiger partial charge on any atom is -0.392 e. The number of para-hydroxylation sites is 1. The molecule has 4 fully saturated rings. The number of fused-ring (bicyclic) bond motifs is 4. The second-order valence-electron chi connectivity index (χ2n) is 8.34. The Hall–Kier alpha value is -1.43. The van der Waals surface area contributed by atoms with E-state index in [1.165, 1.54) is 5.56 Å². The number of benzene rings is 1. The molecule has 5 heteroatoms. The summed E-state index contributed by atoms with van der Waals surface area (Å²) >= 11 is 0. The van der Waals surface area contributed by atoms with E-state index in [0.29, 0.717) is 12.6 Å². The molecule has 126 valence electrons. The van der Waals surface area contributed by atoms with Crippen LogP contribution in [0.2, 0.25) is 0 Å². The van der Waals surface area contributed by atoms with Crippen molar-refractivity contribution in [2.75, 3.05) is 18.0 Å². The predicted molar refractivity (Wildman–Crippen MR) is 87.6 cm³/mol. The van der Waals surface area contributed by atoms with E-state index in [1.807, 2.05) is 11.0 Å². The zero-order valence-corrected chi connectivity index (χ0v) is 13.5. The van der Waals surface area contributed by atoms with Gasteiger partial charge in [0.15, 0.2) is 0 Å². The maximum absolute atomic E-state index is 12.8. The fourth-order valence-electron chi connectivity index (χ4n) is 6.98. The Labute approximate surface area is 140 Å². The normalized spacial score (nSPS) is 48.4. The van der Waals surface area contributed by atoms with Crippen LogP contribution in [0.3, 0.4) is 0 Å². The molecule has 5 aliphatic rings. The average molecular weight is 326 g/mol. The van der Waals surface area contributed by atoms with Gasteiger partial charge in [-0.25, -0.2) is 0 Å². The van der Waals surface area contributed by atoms with Crippen LogP contribution in [0, 0.1) is 11.8 Å². The van der Waals surface area contributed by atoms with Gasteiger partial charge in [-0.1, -0.05) is 18.2 Å². The van der Waals surface area contributed by atoms with E-state index in [-0.39, 0.29) is 35.6 Å². The van der Waals surface area contributed by atoms with Crippen molar-refractivity contribution in [1.82, 2.24) is 4.90 Å². The molecule has 3 saturated heterocycles. The van der Waals surface area contributed by atoms with E-state index in [1.54, 1.807) is 0 Å². The minimum absolute atomic E-state index is 0.00912. The van der Waals surface area contributed by atoms with Gasteiger partial charge in [0.1, 0.15) is 0 Å². The first-order chi connectivity index (χ1) is 11.6. The van der Waals surface area contributed by atoms with Crippen molar-refractivity contribution in [1.29, 1.82) is 0 Å². The van der Waals surface area contributed by atoms with Gasteiger partial charge in [-0.15, -0.1) is 0 Å². The number of anilines is 1. The van der Waals surface area contributed by atoms with Crippen molar-refractivity contribution >= 4 is 11.6 Å². The van der Waals surface area contributed by atoms with E-state index < -0.39 is 12.2 Å². The molecule has 2 bridgehead atoms. The summed E-state index contributed by atoms with van der Waals surface area (Å²) in [6.45, 7) is 1.69. The van der Waals surface area contributed by atoms with Gasteiger partial charge in [0.25, 0.3) is 0 Å². The van der Waals surface area contributed by atoms with Crippen LogP contribution in [-0.2, 0) is 10.2 Å². The number of hydrogen-bond acceptors (Lipinski definition) is 4. The molecule has 1 amide bonds. The lowest BCUT2D eigenvalue weighted by molar-refractivity contribution is -0.140. The zero-order chi connectivity index (χ0) is 16.2. The quantitative estimate of drug-likeness (QED) is 0.728. The molecular weight excluding hydrogens is 304 g/mol. The third-order valence-electron chi connectivity index (χ3n) is 7.69. The fraction of sp³-hybridized carbons (Fsp3) is 0.632. The van der Waals surface area contributed by atoms with Gasteiger partial charge in [-0.3, -0.25) is 9.69 Å². The van der Waals surface area contributed by atoms with Gasteiger partial charge in [-0.2, -0.15) is 0 Å². The number of rotatable bonds is 0. The topological polar surface area (TPSA) is 64.0 Å². The molecule has 5 nitrogen and oxygen atoms in total. The molecule has 4 aliphatic heterocycles. The van der Waals surface area contributed by atoms with E-state index in [2.05, 4.69) is 23.1 Å². The van der Waals surface area contributed by atoms with Gasteiger partial charge in [-0.05, 0) is 36.9 Å². The van der Waals surface area contributed by atoms with Crippen molar-refractivity contribution in [3.63, 3.8) is 0 Å². The number of hydrogen-bond donors (Lipinski definition) is 2. The summed E-state index contributed by atoms with van der Waals surface area (Å²) < 4.78 is 0. The molecular formula is C19H22N2O3. The summed E-state index contributed by atoms with van der Waals surface area (Å²) in [5.41, 5.74) is 2.28. The Bertz CT molecular complexity index is 752. The Morgan fingerprint density at radius 3 is 2.88 bits per heavy atom. The summed E-state index contributed by atoms with van der Waals surface area (Å²) in [5.74, 6) is 0.130. The first-order valence-corrected chi connectivity index (χ1v) is 9.14. The first-order valence-electron chi connectivity index (χ1n) is 9.14. The van der Waals surface area contributed by atoms with E-state index in [4.69, 9.17) is 0 Å². The molecule has 1 aliphatic carbocycles. The Morgan fingerprint density at radius 1 is 1.17 bits per heavy atom. The molecule has 1 spiro atoms. The van der Waals surface area contributed by atoms with Crippen molar-refractivity contribution < 1.29 is 15.0 Å². The van der Waals surface area contributed by atoms with Crippen LogP contribution in [0.15, 0.2) is 24.3 Å². The van der Waals surface area contributed by atoms with Crippen LogP contribution in [0.5, 0.6) is 0 Å². The highest BCUT2D eigenvalue weighted by atomic mass is 16.3. The molecule has 1 aromatic carbocycles. The number of piperidine rings is 2. The molecule has 0 aromatic heterocycles. The van der Waals surface area contributed by atoms with Gasteiger partial charge >= 0.3 is 0 Å². The lowest BCUT2D eigenvalue weighted by atomic mass is 9.54. The van der Waals surface area contributed by atoms with Crippen molar-refractivity contribution in [3.05, 3.63) is 29.8 Å². The molecule has 7 atom stereocenters. The Morgan fingerprint density at radius 2 is 2.00 bits per heavy atom. The third-order valence-corrected chi connectivity index (χ3v) is 7.69. The standard InChI is InChI=1S/C19H22N2O3/c22-13-8-16(24)21-12-4-2-1-3-11(12)19-5-6-20-9-14(23)10(7-15(19)20)17(13)18(19)21/h1-4,10,13-15,17-18,22-23H,5-9H2/t10-,13+,14-,15-,17?,18-,19+/m0/s1. The largest absolute Gasteiger partial charge is 0.392 e. The zero-order valence-electron chi connectivity index (χ0n) is 13.5. The number of nitrogens with zero attached hydrogens (tertiary/aromatic N) is 2. The van der Waals surface area contributed by atoms with Gasteiger partial charge in [0.05, 0.1) is 24.7 Å². The lowest BCUT2D eigenvalue weighted by Crippen LogP contribution is -2.71. The molecule has 0 radical (unpaired) electrons. The maximum Gasteiger partial charge on any atom is 0.229 e. The predicted octanol–water partition coefficient (Wildman–Crippen LogP) is 0.489. The monoisotopic (exact) mass is 326 g/mol. The smallest absolute Gasteiger partial charge is 0.229 e. The van der Waals surface area contributed by atoms with Crippen LogP contribution in [-0.4, -0.2) is 58.4 Å². The van der Waals surface area contributed by atoms with Crippen LogP contribution in [0.1, 0.15) is 24.8 Å². The van der Waals surface area contributed by atoms with Crippen molar-refractivity contribution in [3.8, 4) is 0 Å². The van der Waals surface area contributed by atoms with Gasteiger partial charge in [0.2, 0.25) is 5.91 Å². The summed E-state index contributed by atoms with van der Waals surface area (Å²) in [7, 11) is 0. The second-order valence-corrected chi connectivity index (χ2v) is 8.34. The second kappa shape index (κ2) is 4.21. The summed E-state index contributed by atoms with van der Waals surface area (Å²) in [6.07, 6.45) is 1.12. The molecule has 6 rings (SSSR count). The highest BCUT2D eigenvalue weighted by molar-refractivity contribution is 5.99. The molecule has 1 unspecified atom stereocenters. The maximum atomic E-state index is 12.8. The Balaban J connectivity index is 1.65. The van der Waals surface area contributed by atoms with E-state index in [0.717, 1.165) is 25.1 Å². The van der Waals surface area contributed by atoms with Gasteiger partial charge in [0, 0.05) is 29.6 Å². The highest BCUT2D eigenvalue weighted by Gasteiger charge is 2.70. The lowest BCUT2D eigenvalue weighted by Gasteiger charge is -2.59. The Kier molecular flexibility index (Phi) is 2.42. The van der Waals surface area contributed by atoms with Gasteiger partial charge < -0.3 is 15.1 Å². The van der Waals surface area contributed by atoms with E-state index in [9.17, 15) is 15.0 Å². The minimum atomic E-state index is -0.627. The molecule has 1 aromatic rings. The van der Waals surface area contributed by atoms with Crippen molar-refractivity contribution in [2.24, 2.45) is 11.8 Å². The SMILES string of the molecule is O=C1C[C@@H](O)C2[C@H]3C[C@@H]4N(CC[C@@]45c4ccccc4N1[C@@H]25)C[C@@H]3O. The molecule has 24 heavy (non-hydrogen) atoms. The fourth-order valence-corrected chi connectivity index (χ4v) is 6.98. The number of amides is 1. The van der Waals surface area contributed by atoms with E-state index >= 15 is 0 Å². The number of carbonyl (C=O) groups excluding carboxylic acids is 1.